The van der Waals surface area contributed by atoms with E-state index in [4.69, 9.17) is 4.74 Å². The number of hydrogen-bond acceptors (Lipinski definition) is 9. The summed E-state index contributed by atoms with van der Waals surface area (Å²) in [7, 11) is 2.10. The van der Waals surface area contributed by atoms with Crippen LogP contribution in [0.5, 0.6) is 0 Å². The third kappa shape index (κ3) is 9.39. The Morgan fingerprint density at radius 3 is 2.44 bits per heavy atom. The first-order valence-corrected chi connectivity index (χ1v) is 16.5. The number of likely N-dealkylation sites (N-methyl/N-ethyl adjacent to an activating group) is 1. The van der Waals surface area contributed by atoms with E-state index in [1.165, 1.54) is 10.9 Å². The van der Waals surface area contributed by atoms with Crippen molar-refractivity contribution in [3.8, 4) is 0 Å². The fourth-order valence-electron chi connectivity index (χ4n) is 5.99. The van der Waals surface area contributed by atoms with Crippen LogP contribution in [0.3, 0.4) is 0 Å². The number of alkyl carbamates (subject to hydrolysis) is 1. The van der Waals surface area contributed by atoms with E-state index in [9.17, 15) is 24.3 Å². The SMILES string of the molecule is CN1CCN(CCC(=O)Nc2ccc3c(=O)n(CC4(O)CCN(C(=O)c5cccc(CNC(=O)OC(C)(C)C)c5)CC4)cnc3c2)CC1. The van der Waals surface area contributed by atoms with E-state index >= 15 is 0 Å². The second-order valence-corrected chi connectivity index (χ2v) is 13.9. The minimum Gasteiger partial charge on any atom is -0.444 e. The fourth-order valence-corrected chi connectivity index (χ4v) is 5.99. The average molecular weight is 662 g/mol. The van der Waals surface area contributed by atoms with E-state index in [2.05, 4.69) is 32.5 Å². The highest BCUT2D eigenvalue weighted by Gasteiger charge is 2.35. The van der Waals surface area contributed by atoms with Gasteiger partial charge in [0, 0.05) is 70.0 Å². The average Bonchev–Trinajstić information content (AvgIpc) is 3.04. The van der Waals surface area contributed by atoms with Crippen LogP contribution in [-0.4, -0.2) is 111 Å². The molecule has 258 valence electrons. The molecule has 0 bridgehead atoms. The van der Waals surface area contributed by atoms with Gasteiger partial charge in [0.25, 0.3) is 11.5 Å². The molecule has 2 aromatic carbocycles. The Kier molecular flexibility index (Phi) is 10.8. The molecule has 3 amide bonds. The number of carbonyl (C=O) groups excluding carboxylic acids is 3. The van der Waals surface area contributed by atoms with Gasteiger partial charge in [-0.1, -0.05) is 12.1 Å². The smallest absolute Gasteiger partial charge is 0.407 e. The number of aromatic nitrogens is 2. The zero-order chi connectivity index (χ0) is 34.5. The quantitative estimate of drug-likeness (QED) is 0.315. The van der Waals surface area contributed by atoms with E-state index in [0.717, 1.165) is 31.7 Å². The normalized spacial score (nSPS) is 17.2. The van der Waals surface area contributed by atoms with Gasteiger partial charge in [-0.3, -0.25) is 19.0 Å². The summed E-state index contributed by atoms with van der Waals surface area (Å²) < 4.78 is 6.69. The van der Waals surface area contributed by atoms with Crippen LogP contribution in [0.2, 0.25) is 0 Å². The summed E-state index contributed by atoms with van der Waals surface area (Å²) in [4.78, 5) is 62.0. The van der Waals surface area contributed by atoms with E-state index < -0.39 is 17.3 Å². The second kappa shape index (κ2) is 14.8. The minimum absolute atomic E-state index is 0.0490. The van der Waals surface area contributed by atoms with Gasteiger partial charge in [0.1, 0.15) is 5.60 Å². The molecule has 0 unspecified atom stereocenters. The minimum atomic E-state index is -1.19. The van der Waals surface area contributed by atoms with Gasteiger partial charge >= 0.3 is 6.09 Å². The molecule has 3 heterocycles. The van der Waals surface area contributed by atoms with Crippen molar-refractivity contribution in [2.75, 3.05) is 58.2 Å². The van der Waals surface area contributed by atoms with Crippen LogP contribution < -0.4 is 16.2 Å². The molecule has 0 spiro atoms. The number of nitrogens with one attached hydrogen (secondary N) is 2. The molecule has 0 radical (unpaired) electrons. The summed E-state index contributed by atoms with van der Waals surface area (Å²) in [5.74, 6) is -0.250. The van der Waals surface area contributed by atoms with Crippen molar-refractivity contribution in [2.45, 2.75) is 64.3 Å². The number of benzene rings is 2. The number of piperidine rings is 1. The molecule has 48 heavy (non-hydrogen) atoms. The predicted octanol–water partition coefficient (Wildman–Crippen LogP) is 2.66. The second-order valence-electron chi connectivity index (χ2n) is 13.9. The summed E-state index contributed by atoms with van der Waals surface area (Å²) in [6.45, 7) is 10.9. The van der Waals surface area contributed by atoms with E-state index in [-0.39, 0.29) is 30.5 Å². The fraction of sp³-hybridized carbons (Fsp3) is 0.514. The van der Waals surface area contributed by atoms with E-state index in [0.29, 0.717) is 61.1 Å². The van der Waals surface area contributed by atoms with Crippen molar-refractivity contribution in [3.63, 3.8) is 0 Å². The molecule has 2 aliphatic rings. The zero-order valence-electron chi connectivity index (χ0n) is 28.3. The Morgan fingerprint density at radius 1 is 1.00 bits per heavy atom. The molecule has 0 aliphatic carbocycles. The summed E-state index contributed by atoms with van der Waals surface area (Å²) in [5.41, 5.74) is 0.221. The third-order valence-electron chi connectivity index (χ3n) is 8.82. The highest BCUT2D eigenvalue weighted by Crippen LogP contribution is 2.26. The first kappa shape index (κ1) is 35.0. The number of amides is 3. The molecule has 13 heteroatoms. The van der Waals surface area contributed by atoms with E-state index in [1.54, 1.807) is 62.1 Å². The van der Waals surface area contributed by atoms with Crippen LogP contribution in [0.1, 0.15) is 56.0 Å². The Labute approximate surface area is 280 Å². The monoisotopic (exact) mass is 661 g/mol. The van der Waals surface area contributed by atoms with Crippen LogP contribution in [0.4, 0.5) is 10.5 Å². The first-order valence-electron chi connectivity index (χ1n) is 16.5. The molecule has 3 N–H and O–H groups in total. The van der Waals surface area contributed by atoms with Gasteiger partial charge in [-0.25, -0.2) is 9.78 Å². The molecule has 1 aromatic heterocycles. The summed E-state index contributed by atoms with van der Waals surface area (Å²) in [6, 6.07) is 12.1. The molecule has 13 nitrogen and oxygen atoms in total. The zero-order valence-corrected chi connectivity index (χ0v) is 28.3. The van der Waals surface area contributed by atoms with Gasteiger partial charge in [-0.2, -0.15) is 0 Å². The number of piperazine rings is 1. The highest BCUT2D eigenvalue weighted by atomic mass is 16.6. The van der Waals surface area contributed by atoms with Crippen molar-refractivity contribution < 1.29 is 24.2 Å². The first-order chi connectivity index (χ1) is 22.8. The molecule has 2 fully saturated rings. The number of anilines is 1. The number of fused-ring (bicyclic) bond motifs is 1. The lowest BCUT2D eigenvalue weighted by Gasteiger charge is -2.38. The number of carbonyl (C=O) groups is 3. The third-order valence-corrected chi connectivity index (χ3v) is 8.82. The van der Waals surface area contributed by atoms with Crippen molar-refractivity contribution in [1.29, 1.82) is 0 Å². The van der Waals surface area contributed by atoms with Gasteiger partial charge in [0.2, 0.25) is 5.91 Å². The van der Waals surface area contributed by atoms with Crippen LogP contribution in [0.15, 0.2) is 53.6 Å². The van der Waals surface area contributed by atoms with Crippen LogP contribution in [0.25, 0.3) is 10.9 Å². The predicted molar refractivity (Wildman–Crippen MR) is 183 cm³/mol. The Morgan fingerprint density at radius 2 is 1.73 bits per heavy atom. The molecule has 3 aromatic rings. The number of rotatable bonds is 9. The summed E-state index contributed by atoms with van der Waals surface area (Å²) >= 11 is 0. The number of nitrogens with zero attached hydrogens (tertiary/aromatic N) is 5. The van der Waals surface area contributed by atoms with Crippen LogP contribution in [0, 0.1) is 0 Å². The number of likely N-dealkylation sites (tertiary alicyclic amines) is 1. The van der Waals surface area contributed by atoms with Gasteiger partial charge < -0.3 is 35.2 Å². The maximum absolute atomic E-state index is 13.3. The van der Waals surface area contributed by atoms with Crippen molar-refractivity contribution in [2.24, 2.45) is 0 Å². The van der Waals surface area contributed by atoms with Crippen molar-refractivity contribution in [3.05, 3.63) is 70.3 Å². The lowest BCUT2D eigenvalue weighted by molar-refractivity contribution is -0.116. The van der Waals surface area contributed by atoms with Crippen molar-refractivity contribution >= 4 is 34.5 Å². The molecule has 0 atom stereocenters. The molecular formula is C35H47N7O6. The van der Waals surface area contributed by atoms with Crippen LogP contribution >= 0.6 is 0 Å². The Bertz CT molecular complexity index is 1680. The van der Waals surface area contributed by atoms with Gasteiger partial charge in [0.15, 0.2) is 0 Å². The van der Waals surface area contributed by atoms with Crippen molar-refractivity contribution in [1.82, 2.24) is 29.6 Å². The largest absolute Gasteiger partial charge is 0.444 e. The maximum Gasteiger partial charge on any atom is 0.407 e. The van der Waals surface area contributed by atoms with Crippen LogP contribution in [-0.2, 0) is 22.6 Å². The molecule has 5 rings (SSSR count). The lowest BCUT2D eigenvalue weighted by Crippen LogP contribution is -2.49. The molecule has 0 saturated carbocycles. The highest BCUT2D eigenvalue weighted by molar-refractivity contribution is 5.94. The molecule has 2 saturated heterocycles. The topological polar surface area (TPSA) is 149 Å². The van der Waals surface area contributed by atoms with Gasteiger partial charge in [-0.05, 0) is 76.6 Å². The Hall–Kier alpha value is -4.33. The lowest BCUT2D eigenvalue weighted by atomic mass is 9.90. The van der Waals surface area contributed by atoms with E-state index in [1.807, 2.05) is 6.07 Å². The summed E-state index contributed by atoms with van der Waals surface area (Å²) in [5, 5.41) is 17.4. The van der Waals surface area contributed by atoms with Gasteiger partial charge in [0.05, 0.1) is 29.4 Å². The number of aliphatic hydroxyl groups is 1. The summed E-state index contributed by atoms with van der Waals surface area (Å²) in [6.07, 6.45) is 1.87. The number of hydrogen-bond donors (Lipinski definition) is 3. The molecule has 2 aliphatic heterocycles. The molecular weight excluding hydrogens is 614 g/mol. The maximum atomic E-state index is 13.3. The van der Waals surface area contributed by atoms with Gasteiger partial charge in [-0.15, -0.1) is 0 Å². The standard InChI is InChI=1S/C35H47N7O6/c1-34(2,3)48-33(46)36-22-25-6-5-7-26(20-25)31(44)41-14-11-35(47,12-15-41)23-42-24-37-29-21-27(8-9-28(29)32(42)45)38-30(43)10-13-40-18-16-39(4)17-19-40/h5-9,20-21,24,47H,10-19,22-23H2,1-4H3,(H,36,46)(H,38,43). The number of ether oxygens (including phenoxy) is 1. The Balaban J connectivity index is 1.13.